The number of benzene rings is 2. The van der Waals surface area contributed by atoms with Crippen LogP contribution in [0.4, 0.5) is 0 Å². The summed E-state index contributed by atoms with van der Waals surface area (Å²) in [6.07, 6.45) is 4.23. The third kappa shape index (κ3) is 5.32. The Bertz CT molecular complexity index is 668. The van der Waals surface area contributed by atoms with E-state index < -0.39 is 0 Å². The van der Waals surface area contributed by atoms with Crippen molar-refractivity contribution in [1.29, 1.82) is 0 Å². The number of hydrogen-bond acceptors (Lipinski definition) is 2. The van der Waals surface area contributed by atoms with Crippen LogP contribution < -0.4 is 5.43 Å². The lowest BCUT2D eigenvalue weighted by Crippen LogP contribution is -2.20. The molecular formula is C19H21BrN2O. The molecule has 0 radical (unpaired) electrons. The Labute approximate surface area is 145 Å². The SMILES string of the molecule is CCCCC/C(=N/NC(=O)c1ccccc1Br)c1ccccc1. The topological polar surface area (TPSA) is 41.5 Å². The van der Waals surface area contributed by atoms with Crippen molar-refractivity contribution in [3.63, 3.8) is 0 Å². The maximum atomic E-state index is 12.3. The highest BCUT2D eigenvalue weighted by Gasteiger charge is 2.09. The number of rotatable bonds is 7. The van der Waals surface area contributed by atoms with Gasteiger partial charge in [0.1, 0.15) is 0 Å². The van der Waals surface area contributed by atoms with Crippen molar-refractivity contribution in [2.24, 2.45) is 5.10 Å². The average molecular weight is 373 g/mol. The normalized spacial score (nSPS) is 11.3. The van der Waals surface area contributed by atoms with Crippen LogP contribution in [0.3, 0.4) is 0 Å². The molecule has 0 heterocycles. The number of unbranched alkanes of at least 4 members (excludes halogenated alkanes) is 2. The maximum absolute atomic E-state index is 12.3. The standard InChI is InChI=1S/C19H21BrN2O/c1-2-3-5-14-18(15-10-6-4-7-11-15)21-22-19(23)16-12-8-9-13-17(16)20/h4,6-13H,2-3,5,14H2,1H3,(H,22,23)/b21-18-. The molecule has 2 rings (SSSR count). The zero-order chi connectivity index (χ0) is 16.5. The molecule has 2 aromatic carbocycles. The van der Waals surface area contributed by atoms with E-state index in [9.17, 15) is 4.79 Å². The molecular weight excluding hydrogens is 352 g/mol. The van der Waals surface area contributed by atoms with Gasteiger partial charge in [0.15, 0.2) is 0 Å². The van der Waals surface area contributed by atoms with Crippen LogP contribution in [-0.2, 0) is 0 Å². The van der Waals surface area contributed by atoms with E-state index in [1.54, 1.807) is 6.07 Å². The number of amides is 1. The van der Waals surface area contributed by atoms with Gasteiger partial charge in [-0.3, -0.25) is 4.79 Å². The van der Waals surface area contributed by atoms with Crippen molar-refractivity contribution in [2.75, 3.05) is 0 Å². The Balaban J connectivity index is 2.13. The number of carbonyl (C=O) groups excluding carboxylic acids is 1. The summed E-state index contributed by atoms with van der Waals surface area (Å²) in [5.74, 6) is -0.207. The van der Waals surface area contributed by atoms with Crippen molar-refractivity contribution in [3.8, 4) is 0 Å². The number of nitrogens with zero attached hydrogens (tertiary/aromatic N) is 1. The first-order chi connectivity index (χ1) is 11.2. The molecule has 0 aliphatic rings. The highest BCUT2D eigenvalue weighted by molar-refractivity contribution is 9.10. The van der Waals surface area contributed by atoms with Crippen LogP contribution in [-0.4, -0.2) is 11.6 Å². The molecule has 1 amide bonds. The maximum Gasteiger partial charge on any atom is 0.272 e. The summed E-state index contributed by atoms with van der Waals surface area (Å²) in [5, 5.41) is 4.38. The van der Waals surface area contributed by atoms with Crippen molar-refractivity contribution in [2.45, 2.75) is 32.6 Å². The fourth-order valence-electron chi connectivity index (χ4n) is 2.26. The molecule has 23 heavy (non-hydrogen) atoms. The van der Waals surface area contributed by atoms with Crippen molar-refractivity contribution < 1.29 is 4.79 Å². The molecule has 1 N–H and O–H groups in total. The second-order valence-corrected chi connectivity index (χ2v) is 6.16. The second-order valence-electron chi connectivity index (χ2n) is 5.30. The molecule has 0 atom stereocenters. The summed E-state index contributed by atoms with van der Waals surface area (Å²) < 4.78 is 0.764. The van der Waals surface area contributed by atoms with Crippen LogP contribution >= 0.6 is 15.9 Å². The van der Waals surface area contributed by atoms with Gasteiger partial charge >= 0.3 is 0 Å². The van der Waals surface area contributed by atoms with Crippen LogP contribution in [0.1, 0.15) is 48.5 Å². The highest BCUT2D eigenvalue weighted by Crippen LogP contribution is 2.15. The van der Waals surface area contributed by atoms with Crippen LogP contribution in [0.25, 0.3) is 0 Å². The molecule has 0 spiro atoms. The Kier molecular flexibility index (Phi) is 7.01. The van der Waals surface area contributed by atoms with E-state index in [-0.39, 0.29) is 5.91 Å². The van der Waals surface area contributed by atoms with E-state index >= 15 is 0 Å². The van der Waals surface area contributed by atoms with Crippen LogP contribution in [0.15, 0.2) is 64.2 Å². The van der Waals surface area contributed by atoms with Gasteiger partial charge < -0.3 is 0 Å². The van der Waals surface area contributed by atoms with E-state index in [0.29, 0.717) is 5.56 Å². The van der Waals surface area contributed by atoms with E-state index in [1.807, 2.05) is 48.5 Å². The molecule has 0 aromatic heterocycles. The van der Waals surface area contributed by atoms with E-state index in [4.69, 9.17) is 0 Å². The summed E-state index contributed by atoms with van der Waals surface area (Å²) in [5.41, 5.74) is 5.23. The summed E-state index contributed by atoms with van der Waals surface area (Å²) in [7, 11) is 0. The average Bonchev–Trinajstić information content (AvgIpc) is 2.59. The highest BCUT2D eigenvalue weighted by atomic mass is 79.9. The lowest BCUT2D eigenvalue weighted by Gasteiger charge is -2.08. The molecule has 0 aliphatic carbocycles. The van der Waals surface area contributed by atoms with Gasteiger partial charge in [-0.25, -0.2) is 5.43 Å². The number of hydrazone groups is 1. The predicted molar refractivity (Wildman–Crippen MR) is 98.7 cm³/mol. The molecule has 0 saturated heterocycles. The van der Waals surface area contributed by atoms with Gasteiger partial charge in [0.25, 0.3) is 5.91 Å². The van der Waals surface area contributed by atoms with Gasteiger partial charge in [0.05, 0.1) is 11.3 Å². The molecule has 0 aliphatic heterocycles. The first kappa shape index (κ1) is 17.4. The van der Waals surface area contributed by atoms with Gasteiger partial charge in [-0.1, -0.05) is 62.2 Å². The molecule has 0 saturated carbocycles. The number of halogens is 1. The second kappa shape index (κ2) is 9.26. The predicted octanol–water partition coefficient (Wildman–Crippen LogP) is 5.16. The Morgan fingerprint density at radius 2 is 1.74 bits per heavy atom. The largest absolute Gasteiger partial charge is 0.272 e. The van der Waals surface area contributed by atoms with Crippen molar-refractivity contribution in [1.82, 2.24) is 5.43 Å². The van der Waals surface area contributed by atoms with E-state index in [1.165, 1.54) is 0 Å². The molecule has 0 unspecified atom stereocenters. The fraction of sp³-hybridized carbons (Fsp3) is 0.263. The van der Waals surface area contributed by atoms with Crippen molar-refractivity contribution in [3.05, 3.63) is 70.2 Å². The molecule has 0 fully saturated rings. The fourth-order valence-corrected chi connectivity index (χ4v) is 2.73. The minimum absolute atomic E-state index is 0.207. The summed E-state index contributed by atoms with van der Waals surface area (Å²) >= 11 is 3.39. The number of carbonyl (C=O) groups is 1. The van der Waals surface area contributed by atoms with Crippen LogP contribution in [0.2, 0.25) is 0 Å². The summed E-state index contributed by atoms with van der Waals surface area (Å²) in [6.45, 7) is 2.17. The van der Waals surface area contributed by atoms with E-state index in [0.717, 1.165) is 41.4 Å². The smallest absolute Gasteiger partial charge is 0.267 e. The lowest BCUT2D eigenvalue weighted by atomic mass is 10.0. The zero-order valence-electron chi connectivity index (χ0n) is 13.3. The van der Waals surface area contributed by atoms with Crippen LogP contribution in [0.5, 0.6) is 0 Å². The molecule has 120 valence electrons. The minimum Gasteiger partial charge on any atom is -0.267 e. The Morgan fingerprint density at radius 3 is 2.43 bits per heavy atom. The lowest BCUT2D eigenvalue weighted by molar-refractivity contribution is 0.0954. The third-order valence-corrected chi connectivity index (χ3v) is 4.23. The Morgan fingerprint density at radius 1 is 1.04 bits per heavy atom. The molecule has 4 heteroatoms. The van der Waals surface area contributed by atoms with E-state index in [2.05, 4.69) is 33.4 Å². The van der Waals surface area contributed by atoms with Gasteiger partial charge in [-0.2, -0.15) is 5.10 Å². The van der Waals surface area contributed by atoms with Crippen molar-refractivity contribution >= 4 is 27.5 Å². The summed E-state index contributed by atoms with van der Waals surface area (Å²) in [4.78, 5) is 12.3. The van der Waals surface area contributed by atoms with Crippen LogP contribution in [0, 0.1) is 0 Å². The quantitative estimate of drug-likeness (QED) is 0.406. The monoisotopic (exact) mass is 372 g/mol. The first-order valence-corrected chi connectivity index (χ1v) is 8.68. The number of hydrogen-bond donors (Lipinski definition) is 1. The molecule has 0 bridgehead atoms. The molecule has 2 aromatic rings. The zero-order valence-corrected chi connectivity index (χ0v) is 14.8. The number of nitrogens with one attached hydrogen (secondary N) is 1. The minimum atomic E-state index is -0.207. The molecule has 3 nitrogen and oxygen atoms in total. The van der Waals surface area contributed by atoms with Gasteiger partial charge in [0.2, 0.25) is 0 Å². The third-order valence-electron chi connectivity index (χ3n) is 3.54. The van der Waals surface area contributed by atoms with Gasteiger partial charge in [-0.05, 0) is 46.5 Å². The van der Waals surface area contributed by atoms with Gasteiger partial charge in [-0.15, -0.1) is 0 Å². The Hall–Kier alpha value is -1.94. The van der Waals surface area contributed by atoms with Gasteiger partial charge in [0, 0.05) is 4.47 Å². The first-order valence-electron chi connectivity index (χ1n) is 7.89. The summed E-state index contributed by atoms with van der Waals surface area (Å²) in [6, 6.07) is 17.3.